The summed E-state index contributed by atoms with van der Waals surface area (Å²) in [6.45, 7) is 3.70. The normalized spacial score (nSPS) is 15.0. The number of hydrogen-bond donors (Lipinski definition) is 2. The standard InChI is InChI=1S/C13H18BrF3N4S/c1-2-18-12(22)19-6-3-7-21-10(8-4-5-8)9(14)11(20-21)13(15,16)17/h8H,2-7H2,1H3,(H2,18,19,22). The topological polar surface area (TPSA) is 41.9 Å². The lowest BCUT2D eigenvalue weighted by Crippen LogP contribution is -2.35. The third-order valence-corrected chi connectivity index (χ3v) is 4.40. The lowest BCUT2D eigenvalue weighted by molar-refractivity contribution is -0.142. The summed E-state index contributed by atoms with van der Waals surface area (Å²) >= 11 is 8.11. The van der Waals surface area contributed by atoms with E-state index in [1.165, 1.54) is 4.68 Å². The van der Waals surface area contributed by atoms with E-state index in [0.717, 1.165) is 19.4 Å². The van der Waals surface area contributed by atoms with Gasteiger partial charge in [0.25, 0.3) is 0 Å². The zero-order valence-electron chi connectivity index (χ0n) is 12.1. The van der Waals surface area contributed by atoms with Crippen LogP contribution in [0.5, 0.6) is 0 Å². The molecule has 1 heterocycles. The summed E-state index contributed by atoms with van der Waals surface area (Å²) in [5.74, 6) is 0.189. The van der Waals surface area contributed by atoms with Crippen LogP contribution in [0.2, 0.25) is 0 Å². The largest absolute Gasteiger partial charge is 0.436 e. The molecule has 124 valence electrons. The van der Waals surface area contributed by atoms with Crippen LogP contribution in [0, 0.1) is 0 Å². The van der Waals surface area contributed by atoms with Crippen LogP contribution in [0.1, 0.15) is 43.5 Å². The summed E-state index contributed by atoms with van der Waals surface area (Å²) in [4.78, 5) is 0. The third-order valence-electron chi connectivity index (χ3n) is 3.33. The Hall–Kier alpha value is -0.830. The van der Waals surface area contributed by atoms with Crippen LogP contribution >= 0.6 is 28.1 Å². The van der Waals surface area contributed by atoms with Gasteiger partial charge in [-0.1, -0.05) is 0 Å². The van der Waals surface area contributed by atoms with Crippen LogP contribution in [0.4, 0.5) is 13.2 Å². The Morgan fingerprint density at radius 1 is 1.41 bits per heavy atom. The molecule has 0 aromatic carbocycles. The molecule has 0 atom stereocenters. The molecule has 0 unspecified atom stereocenters. The van der Waals surface area contributed by atoms with Crippen molar-refractivity contribution in [3.05, 3.63) is 15.9 Å². The first-order chi connectivity index (χ1) is 10.3. The Morgan fingerprint density at radius 3 is 2.64 bits per heavy atom. The van der Waals surface area contributed by atoms with Crippen molar-refractivity contribution in [2.75, 3.05) is 13.1 Å². The Balaban J connectivity index is 2.00. The molecule has 2 N–H and O–H groups in total. The number of thiocarbonyl (C=S) groups is 1. The number of rotatable bonds is 6. The van der Waals surface area contributed by atoms with Gasteiger partial charge < -0.3 is 10.6 Å². The van der Waals surface area contributed by atoms with E-state index in [4.69, 9.17) is 12.2 Å². The molecule has 0 bridgehead atoms. The molecule has 2 rings (SSSR count). The van der Waals surface area contributed by atoms with E-state index in [1.807, 2.05) is 6.92 Å². The number of nitrogens with one attached hydrogen (secondary N) is 2. The SMILES string of the molecule is CCNC(=S)NCCCn1nc(C(F)(F)F)c(Br)c1C1CC1. The maximum atomic E-state index is 13.0. The van der Waals surface area contributed by atoms with E-state index in [2.05, 4.69) is 31.7 Å². The predicted molar refractivity (Wildman–Crippen MR) is 85.8 cm³/mol. The first-order valence-corrected chi connectivity index (χ1v) is 8.39. The first-order valence-electron chi connectivity index (χ1n) is 7.19. The van der Waals surface area contributed by atoms with Gasteiger partial charge in [-0.3, -0.25) is 4.68 Å². The van der Waals surface area contributed by atoms with E-state index >= 15 is 0 Å². The molecule has 0 spiro atoms. The maximum absolute atomic E-state index is 13.0. The molecule has 9 heteroatoms. The number of alkyl halides is 3. The van der Waals surface area contributed by atoms with Crippen molar-refractivity contribution >= 4 is 33.3 Å². The van der Waals surface area contributed by atoms with Crippen molar-refractivity contribution in [3.8, 4) is 0 Å². The average molecular weight is 399 g/mol. The molecule has 0 aliphatic heterocycles. The fourth-order valence-electron chi connectivity index (χ4n) is 2.21. The third kappa shape index (κ3) is 4.34. The molecule has 0 radical (unpaired) electrons. The predicted octanol–water partition coefficient (Wildman–Crippen LogP) is 3.42. The second-order valence-electron chi connectivity index (χ2n) is 5.18. The molecule has 1 aromatic heterocycles. The molecule has 1 aromatic rings. The zero-order chi connectivity index (χ0) is 16.3. The molecular formula is C13H18BrF3N4S. The van der Waals surface area contributed by atoms with Crippen LogP contribution in [-0.4, -0.2) is 28.0 Å². The minimum absolute atomic E-state index is 0.0960. The molecular weight excluding hydrogens is 381 g/mol. The zero-order valence-corrected chi connectivity index (χ0v) is 14.5. The number of hydrogen-bond acceptors (Lipinski definition) is 2. The Kier molecular flexibility index (Phi) is 5.70. The summed E-state index contributed by atoms with van der Waals surface area (Å²) in [5.41, 5.74) is -0.160. The first kappa shape index (κ1) is 17.5. The molecule has 0 saturated heterocycles. The van der Waals surface area contributed by atoms with Crippen LogP contribution < -0.4 is 10.6 Å². The summed E-state index contributed by atoms with van der Waals surface area (Å²) in [6.07, 6.45) is -1.94. The highest BCUT2D eigenvalue weighted by atomic mass is 79.9. The van der Waals surface area contributed by atoms with Gasteiger partial charge in [-0.05, 0) is 54.3 Å². The molecule has 0 amide bonds. The Labute approximate surface area is 141 Å². The molecule has 22 heavy (non-hydrogen) atoms. The maximum Gasteiger partial charge on any atom is 0.436 e. The fraction of sp³-hybridized carbons (Fsp3) is 0.692. The van der Waals surface area contributed by atoms with E-state index in [-0.39, 0.29) is 10.4 Å². The highest BCUT2D eigenvalue weighted by molar-refractivity contribution is 9.10. The minimum atomic E-state index is -4.43. The Bertz CT molecular complexity index is 540. The minimum Gasteiger partial charge on any atom is -0.363 e. The second kappa shape index (κ2) is 7.16. The second-order valence-corrected chi connectivity index (χ2v) is 6.38. The number of aromatic nitrogens is 2. The lowest BCUT2D eigenvalue weighted by atomic mass is 10.2. The van der Waals surface area contributed by atoms with Gasteiger partial charge in [-0.25, -0.2) is 0 Å². The smallest absolute Gasteiger partial charge is 0.363 e. The van der Waals surface area contributed by atoms with Gasteiger partial charge >= 0.3 is 6.18 Å². The summed E-state index contributed by atoms with van der Waals surface area (Å²) in [7, 11) is 0. The molecule has 1 saturated carbocycles. The van der Waals surface area contributed by atoms with E-state index in [0.29, 0.717) is 30.3 Å². The van der Waals surface area contributed by atoms with Gasteiger partial charge in [0.2, 0.25) is 0 Å². The average Bonchev–Trinajstić information content (AvgIpc) is 3.18. The van der Waals surface area contributed by atoms with Crippen molar-refractivity contribution in [3.63, 3.8) is 0 Å². The fourth-order valence-corrected chi connectivity index (χ4v) is 3.28. The highest BCUT2D eigenvalue weighted by Crippen LogP contribution is 2.46. The highest BCUT2D eigenvalue weighted by Gasteiger charge is 2.41. The molecule has 1 aliphatic carbocycles. The van der Waals surface area contributed by atoms with Gasteiger partial charge in [0.15, 0.2) is 10.8 Å². The van der Waals surface area contributed by atoms with Crippen LogP contribution in [0.15, 0.2) is 4.47 Å². The van der Waals surface area contributed by atoms with Crippen molar-refractivity contribution < 1.29 is 13.2 Å². The van der Waals surface area contributed by atoms with E-state index < -0.39 is 11.9 Å². The van der Waals surface area contributed by atoms with Crippen LogP contribution in [-0.2, 0) is 12.7 Å². The van der Waals surface area contributed by atoms with Crippen molar-refractivity contribution in [1.82, 2.24) is 20.4 Å². The van der Waals surface area contributed by atoms with E-state index in [1.54, 1.807) is 0 Å². The monoisotopic (exact) mass is 398 g/mol. The van der Waals surface area contributed by atoms with Gasteiger partial charge in [-0.2, -0.15) is 18.3 Å². The van der Waals surface area contributed by atoms with Crippen molar-refractivity contribution in [1.29, 1.82) is 0 Å². The summed E-state index contributed by atoms with van der Waals surface area (Å²) in [6, 6.07) is 0. The van der Waals surface area contributed by atoms with E-state index in [9.17, 15) is 13.2 Å². The van der Waals surface area contributed by atoms with Gasteiger partial charge in [0.05, 0.1) is 10.2 Å². The quantitative estimate of drug-likeness (QED) is 0.569. The van der Waals surface area contributed by atoms with Crippen LogP contribution in [0.25, 0.3) is 0 Å². The number of aryl methyl sites for hydroxylation is 1. The molecule has 4 nitrogen and oxygen atoms in total. The molecule has 1 aliphatic rings. The Morgan fingerprint density at radius 2 is 2.09 bits per heavy atom. The number of halogens is 4. The van der Waals surface area contributed by atoms with Gasteiger partial charge in [-0.15, -0.1) is 0 Å². The van der Waals surface area contributed by atoms with Gasteiger partial charge in [0, 0.05) is 25.6 Å². The summed E-state index contributed by atoms with van der Waals surface area (Å²) < 4.78 is 40.5. The lowest BCUT2D eigenvalue weighted by Gasteiger charge is -2.10. The summed E-state index contributed by atoms with van der Waals surface area (Å²) in [5, 5.41) is 10.3. The van der Waals surface area contributed by atoms with Gasteiger partial charge in [0.1, 0.15) is 0 Å². The molecule has 1 fully saturated rings. The van der Waals surface area contributed by atoms with Crippen molar-refractivity contribution in [2.24, 2.45) is 0 Å². The van der Waals surface area contributed by atoms with Crippen molar-refractivity contribution in [2.45, 2.75) is 44.8 Å². The van der Waals surface area contributed by atoms with Crippen LogP contribution in [0.3, 0.4) is 0 Å². The number of nitrogens with zero attached hydrogens (tertiary/aromatic N) is 2.